The summed E-state index contributed by atoms with van der Waals surface area (Å²) in [6.07, 6.45) is 3.61. The molecule has 0 atom stereocenters. The number of rotatable bonds is 5. The molecule has 1 fully saturated rings. The van der Waals surface area contributed by atoms with Crippen molar-refractivity contribution in [3.8, 4) is 0 Å². The zero-order valence-corrected chi connectivity index (χ0v) is 15.3. The van der Waals surface area contributed by atoms with E-state index in [4.69, 9.17) is 0 Å². The largest absolute Gasteiger partial charge is 0.343 e. The summed E-state index contributed by atoms with van der Waals surface area (Å²) < 4.78 is 3.41. The highest BCUT2D eigenvalue weighted by Gasteiger charge is 2.23. The Hall–Kier alpha value is -2.64. The summed E-state index contributed by atoms with van der Waals surface area (Å²) >= 11 is 0. The van der Waals surface area contributed by atoms with Gasteiger partial charge in [0.15, 0.2) is 0 Å². The molecule has 3 heterocycles. The number of carbonyl (C=O) groups excluding carboxylic acids is 1. The highest BCUT2D eigenvalue weighted by atomic mass is 16.2. The molecule has 8 heteroatoms. The van der Waals surface area contributed by atoms with Crippen LogP contribution in [0.5, 0.6) is 0 Å². The third-order valence-electron chi connectivity index (χ3n) is 4.97. The third kappa shape index (κ3) is 4.30. The van der Waals surface area contributed by atoms with E-state index in [1.165, 1.54) is 22.5 Å². The van der Waals surface area contributed by atoms with Gasteiger partial charge in [-0.25, -0.2) is 4.79 Å². The quantitative estimate of drug-likeness (QED) is 0.849. The zero-order valence-electron chi connectivity index (χ0n) is 15.3. The van der Waals surface area contributed by atoms with E-state index in [9.17, 15) is 14.4 Å². The number of aromatic amines is 1. The second kappa shape index (κ2) is 7.72. The predicted molar refractivity (Wildman–Crippen MR) is 96.9 cm³/mol. The lowest BCUT2D eigenvalue weighted by atomic mass is 9.96. The Balaban J connectivity index is 1.48. The standard InChI is InChI=1S/C18H25N5O3/c1-13-11-14(2)23(20-13)12-15-3-7-21(8-4-15)17(25)6-10-22-9-5-16(24)19-18(22)26/h5,9,11,15H,3-4,6-8,10,12H2,1-2H3,(H,19,24,26). The fourth-order valence-corrected chi connectivity index (χ4v) is 3.46. The normalized spacial score (nSPS) is 15.4. The smallest absolute Gasteiger partial charge is 0.328 e. The SMILES string of the molecule is Cc1cc(C)n(CC2CCN(C(=O)CCn3ccc(=O)[nH]c3=O)CC2)n1. The van der Waals surface area contributed by atoms with Gasteiger partial charge >= 0.3 is 5.69 Å². The van der Waals surface area contributed by atoms with Crippen molar-refractivity contribution < 1.29 is 4.79 Å². The van der Waals surface area contributed by atoms with Gasteiger partial charge in [-0.05, 0) is 38.7 Å². The summed E-state index contributed by atoms with van der Waals surface area (Å²) in [7, 11) is 0. The van der Waals surface area contributed by atoms with Gasteiger partial charge in [0.1, 0.15) is 0 Å². The van der Waals surface area contributed by atoms with Crippen molar-refractivity contribution in [3.63, 3.8) is 0 Å². The number of nitrogens with one attached hydrogen (secondary N) is 1. The lowest BCUT2D eigenvalue weighted by Gasteiger charge is -2.32. The monoisotopic (exact) mass is 359 g/mol. The average Bonchev–Trinajstić information content (AvgIpc) is 2.91. The predicted octanol–water partition coefficient (Wildman–Crippen LogP) is 0.679. The van der Waals surface area contributed by atoms with Crippen molar-refractivity contribution >= 4 is 5.91 Å². The number of likely N-dealkylation sites (tertiary alicyclic amines) is 1. The molecule has 8 nitrogen and oxygen atoms in total. The molecule has 0 aromatic carbocycles. The van der Waals surface area contributed by atoms with Crippen LogP contribution in [0.15, 0.2) is 27.9 Å². The van der Waals surface area contributed by atoms with Crippen molar-refractivity contribution in [1.82, 2.24) is 24.2 Å². The molecular formula is C18H25N5O3. The first-order chi connectivity index (χ1) is 12.4. The van der Waals surface area contributed by atoms with Crippen LogP contribution in [0.3, 0.4) is 0 Å². The number of carbonyl (C=O) groups is 1. The van der Waals surface area contributed by atoms with Gasteiger partial charge in [-0.2, -0.15) is 5.10 Å². The summed E-state index contributed by atoms with van der Waals surface area (Å²) in [6, 6.07) is 3.37. The van der Waals surface area contributed by atoms with Gasteiger partial charge < -0.3 is 9.47 Å². The van der Waals surface area contributed by atoms with Crippen LogP contribution in [-0.4, -0.2) is 43.2 Å². The molecule has 0 unspecified atom stereocenters. The number of nitrogens with zero attached hydrogens (tertiary/aromatic N) is 4. The van der Waals surface area contributed by atoms with E-state index < -0.39 is 11.2 Å². The molecule has 1 saturated heterocycles. The number of aromatic nitrogens is 4. The van der Waals surface area contributed by atoms with Crippen LogP contribution in [0, 0.1) is 19.8 Å². The maximum atomic E-state index is 12.4. The summed E-state index contributed by atoms with van der Waals surface area (Å²) in [6.45, 7) is 6.72. The number of H-pyrrole nitrogens is 1. The van der Waals surface area contributed by atoms with Gasteiger partial charge in [-0.15, -0.1) is 0 Å². The van der Waals surface area contributed by atoms with Gasteiger partial charge in [0.05, 0.1) is 5.69 Å². The topological polar surface area (TPSA) is 93.0 Å². The molecule has 0 spiro atoms. The molecule has 0 bridgehead atoms. The first-order valence-electron chi connectivity index (χ1n) is 9.01. The number of hydrogen-bond donors (Lipinski definition) is 1. The van der Waals surface area contributed by atoms with Crippen LogP contribution >= 0.6 is 0 Å². The van der Waals surface area contributed by atoms with Gasteiger partial charge in [-0.1, -0.05) is 0 Å². The molecule has 2 aromatic rings. The van der Waals surface area contributed by atoms with Crippen molar-refractivity contribution in [2.75, 3.05) is 13.1 Å². The molecule has 0 saturated carbocycles. The van der Waals surface area contributed by atoms with Crippen molar-refractivity contribution in [2.24, 2.45) is 5.92 Å². The first kappa shape index (κ1) is 18.2. The van der Waals surface area contributed by atoms with E-state index in [0.717, 1.165) is 38.2 Å². The van der Waals surface area contributed by atoms with E-state index >= 15 is 0 Å². The minimum Gasteiger partial charge on any atom is -0.343 e. The average molecular weight is 359 g/mol. The van der Waals surface area contributed by atoms with Gasteiger partial charge in [0, 0.05) is 50.6 Å². The highest BCUT2D eigenvalue weighted by molar-refractivity contribution is 5.76. The molecular weight excluding hydrogens is 334 g/mol. The molecule has 1 N–H and O–H groups in total. The van der Waals surface area contributed by atoms with Crippen molar-refractivity contribution in [2.45, 2.75) is 46.2 Å². The Morgan fingerprint density at radius 1 is 1.27 bits per heavy atom. The van der Waals surface area contributed by atoms with E-state index in [1.807, 2.05) is 11.8 Å². The first-order valence-corrected chi connectivity index (χ1v) is 9.01. The Kier molecular flexibility index (Phi) is 5.39. The van der Waals surface area contributed by atoms with Crippen molar-refractivity contribution in [1.29, 1.82) is 0 Å². The fourth-order valence-electron chi connectivity index (χ4n) is 3.46. The van der Waals surface area contributed by atoms with Gasteiger partial charge in [0.25, 0.3) is 5.56 Å². The Bertz CT molecular complexity index is 887. The van der Waals surface area contributed by atoms with Crippen LogP contribution < -0.4 is 11.2 Å². The molecule has 2 aromatic heterocycles. The Labute approximate surface area is 151 Å². The summed E-state index contributed by atoms with van der Waals surface area (Å²) in [5.74, 6) is 0.575. The fraction of sp³-hybridized carbons (Fsp3) is 0.556. The molecule has 0 aliphatic carbocycles. The molecule has 0 radical (unpaired) electrons. The molecule has 3 rings (SSSR count). The maximum Gasteiger partial charge on any atom is 0.328 e. The Morgan fingerprint density at radius 2 is 2.00 bits per heavy atom. The Morgan fingerprint density at radius 3 is 2.62 bits per heavy atom. The number of hydrogen-bond acceptors (Lipinski definition) is 4. The minimum atomic E-state index is -0.478. The van der Waals surface area contributed by atoms with Crippen LogP contribution in [0.2, 0.25) is 0 Å². The maximum absolute atomic E-state index is 12.4. The lowest BCUT2D eigenvalue weighted by molar-refractivity contribution is -0.132. The number of piperidine rings is 1. The van der Waals surface area contributed by atoms with Crippen LogP contribution in [-0.2, 0) is 17.9 Å². The molecule has 1 aliphatic rings. The van der Waals surface area contributed by atoms with Crippen molar-refractivity contribution in [3.05, 3.63) is 50.6 Å². The van der Waals surface area contributed by atoms with Crippen LogP contribution in [0.25, 0.3) is 0 Å². The number of amides is 1. The number of aryl methyl sites for hydroxylation is 3. The second-order valence-electron chi connectivity index (χ2n) is 6.99. The molecule has 1 amide bonds. The van der Waals surface area contributed by atoms with Crippen LogP contribution in [0.4, 0.5) is 0 Å². The molecule has 1 aliphatic heterocycles. The zero-order chi connectivity index (χ0) is 18.7. The van der Waals surface area contributed by atoms with Gasteiger partial charge in [-0.3, -0.25) is 19.3 Å². The summed E-state index contributed by atoms with van der Waals surface area (Å²) in [5.41, 5.74) is 1.30. The second-order valence-corrected chi connectivity index (χ2v) is 6.99. The third-order valence-corrected chi connectivity index (χ3v) is 4.97. The lowest BCUT2D eigenvalue weighted by Crippen LogP contribution is -2.40. The van der Waals surface area contributed by atoms with Crippen LogP contribution in [0.1, 0.15) is 30.7 Å². The van der Waals surface area contributed by atoms with E-state index in [-0.39, 0.29) is 18.9 Å². The van der Waals surface area contributed by atoms with Gasteiger partial charge in [0.2, 0.25) is 5.91 Å². The minimum absolute atomic E-state index is 0.0488. The van der Waals surface area contributed by atoms with E-state index in [1.54, 1.807) is 0 Å². The molecule has 26 heavy (non-hydrogen) atoms. The highest BCUT2D eigenvalue weighted by Crippen LogP contribution is 2.20. The molecule has 140 valence electrons. The summed E-state index contributed by atoms with van der Waals surface area (Å²) in [4.78, 5) is 39.2. The van der Waals surface area contributed by atoms with E-state index in [2.05, 4.69) is 27.8 Å². The summed E-state index contributed by atoms with van der Waals surface area (Å²) in [5, 5.41) is 4.51. The van der Waals surface area contributed by atoms with E-state index in [0.29, 0.717) is 5.92 Å².